The van der Waals surface area contributed by atoms with E-state index < -0.39 is 0 Å². The number of thioether (sulfide) groups is 1. The van der Waals surface area contributed by atoms with Crippen LogP contribution in [-0.4, -0.2) is 22.8 Å². The second-order valence-corrected chi connectivity index (χ2v) is 9.39. The molecule has 106 valence electrons. The van der Waals surface area contributed by atoms with Crippen molar-refractivity contribution in [2.75, 3.05) is 11.9 Å². The van der Waals surface area contributed by atoms with Gasteiger partial charge >= 0.3 is 0 Å². The summed E-state index contributed by atoms with van der Waals surface area (Å²) in [5.41, 5.74) is 1.11. The molecule has 7 atom stereocenters. The first-order chi connectivity index (χ1) is 8.69. The summed E-state index contributed by atoms with van der Waals surface area (Å²) in [6, 6.07) is 0. The Morgan fingerprint density at radius 3 is 2.33 bits per heavy atom. The minimum absolute atomic E-state index is 0.953. The van der Waals surface area contributed by atoms with Gasteiger partial charge in [0.2, 0.25) is 0 Å². The molecule has 0 aromatic rings. The van der Waals surface area contributed by atoms with Crippen LogP contribution in [0.4, 0.5) is 0 Å². The van der Waals surface area contributed by atoms with Gasteiger partial charge in [0.1, 0.15) is 0 Å². The maximum absolute atomic E-state index is 2.57. The van der Waals surface area contributed by atoms with Crippen molar-refractivity contribution in [3.63, 3.8) is 0 Å². The van der Waals surface area contributed by atoms with Crippen LogP contribution in [0.3, 0.4) is 0 Å². The van der Waals surface area contributed by atoms with Crippen LogP contribution in [-0.2, 0) is 0 Å². The summed E-state index contributed by atoms with van der Waals surface area (Å²) < 4.78 is 0. The zero-order valence-corrected chi connectivity index (χ0v) is 14.4. The first-order valence-electron chi connectivity index (χ1n) is 8.04. The Bertz CT molecular complexity index is 247. The molecule has 2 heteroatoms. The third-order valence-electron chi connectivity index (χ3n) is 5.32. The van der Waals surface area contributed by atoms with E-state index in [1.165, 1.54) is 40.0 Å². The zero-order valence-electron chi connectivity index (χ0n) is 12.6. The van der Waals surface area contributed by atoms with Crippen LogP contribution in [0.1, 0.15) is 53.4 Å². The first kappa shape index (κ1) is 15.2. The number of hydrogen-bond donors (Lipinski definition) is 0. The van der Waals surface area contributed by atoms with Gasteiger partial charge in [0.25, 0.3) is 0 Å². The summed E-state index contributed by atoms with van der Waals surface area (Å²) in [6.07, 6.45) is 7.30. The molecule has 0 radical (unpaired) electrons. The molecule has 0 N–H and O–H groups in total. The van der Waals surface area contributed by atoms with E-state index in [1.54, 1.807) is 6.16 Å². The lowest BCUT2D eigenvalue weighted by molar-refractivity contribution is 0.162. The highest BCUT2D eigenvalue weighted by Gasteiger charge is 2.43. The van der Waals surface area contributed by atoms with Crippen molar-refractivity contribution >= 4 is 20.3 Å². The molecular weight excluding hydrogens is 255 g/mol. The molecule has 2 aliphatic heterocycles. The first-order valence-corrected chi connectivity index (χ1v) is 10.4. The van der Waals surface area contributed by atoms with Gasteiger partial charge < -0.3 is 0 Å². The van der Waals surface area contributed by atoms with Crippen molar-refractivity contribution in [2.24, 2.45) is 23.7 Å². The van der Waals surface area contributed by atoms with Gasteiger partial charge in [0, 0.05) is 5.25 Å². The molecule has 2 aliphatic rings. The molecule has 18 heavy (non-hydrogen) atoms. The van der Waals surface area contributed by atoms with E-state index in [2.05, 4.69) is 39.5 Å². The lowest BCUT2D eigenvalue weighted by Gasteiger charge is -2.42. The van der Waals surface area contributed by atoms with Crippen molar-refractivity contribution in [3.8, 4) is 0 Å². The molecular formula is C16H31PS. The minimum Gasteiger partial charge on any atom is -0.158 e. The minimum atomic E-state index is 0.953. The Kier molecular flexibility index (Phi) is 5.88. The van der Waals surface area contributed by atoms with E-state index in [9.17, 15) is 0 Å². The average Bonchev–Trinajstić information content (AvgIpc) is 3.09. The molecule has 0 spiro atoms. The Morgan fingerprint density at radius 2 is 1.94 bits per heavy atom. The van der Waals surface area contributed by atoms with Gasteiger partial charge in [0.05, 0.1) is 0 Å². The van der Waals surface area contributed by atoms with Crippen LogP contribution in [0.5, 0.6) is 0 Å². The maximum atomic E-state index is 2.57. The average molecular weight is 286 g/mol. The second kappa shape index (κ2) is 6.98. The van der Waals surface area contributed by atoms with Crippen LogP contribution >= 0.6 is 20.3 Å². The SMILES string of the molecule is CCCC(C(C)C1CCS1)C(C(C)CC)C1CP1. The van der Waals surface area contributed by atoms with Gasteiger partial charge in [0.15, 0.2) is 0 Å². The number of rotatable bonds is 8. The highest BCUT2D eigenvalue weighted by atomic mass is 32.2. The molecule has 0 aromatic heterocycles. The van der Waals surface area contributed by atoms with Gasteiger partial charge in [-0.3, -0.25) is 0 Å². The smallest absolute Gasteiger partial charge is 0.00832 e. The predicted molar refractivity (Wildman–Crippen MR) is 88.3 cm³/mol. The van der Waals surface area contributed by atoms with Crippen LogP contribution in [0.2, 0.25) is 0 Å². The fourth-order valence-electron chi connectivity index (χ4n) is 3.81. The van der Waals surface area contributed by atoms with Gasteiger partial charge in [-0.25, -0.2) is 0 Å². The normalized spacial score (nSPS) is 34.7. The van der Waals surface area contributed by atoms with Crippen LogP contribution in [0.15, 0.2) is 0 Å². The molecule has 0 aromatic carbocycles. The van der Waals surface area contributed by atoms with Crippen molar-refractivity contribution < 1.29 is 0 Å². The lowest BCUT2D eigenvalue weighted by Crippen LogP contribution is -2.37. The monoisotopic (exact) mass is 286 g/mol. The Balaban J connectivity index is 2.04. The third kappa shape index (κ3) is 3.45. The summed E-state index contributed by atoms with van der Waals surface area (Å²) in [6.45, 7) is 9.88. The summed E-state index contributed by atoms with van der Waals surface area (Å²) in [5, 5.41) is 0.996. The van der Waals surface area contributed by atoms with Crippen molar-refractivity contribution in [3.05, 3.63) is 0 Å². The fourth-order valence-corrected chi connectivity index (χ4v) is 6.08. The van der Waals surface area contributed by atoms with Gasteiger partial charge in [-0.1, -0.05) is 47.0 Å². The van der Waals surface area contributed by atoms with Crippen LogP contribution in [0.25, 0.3) is 0 Å². The van der Waals surface area contributed by atoms with E-state index >= 15 is 0 Å². The van der Waals surface area contributed by atoms with Gasteiger partial charge in [-0.2, -0.15) is 11.8 Å². The van der Waals surface area contributed by atoms with E-state index in [-0.39, 0.29) is 0 Å². The molecule has 2 rings (SSSR count). The largest absolute Gasteiger partial charge is 0.158 e. The molecule has 0 aliphatic carbocycles. The van der Waals surface area contributed by atoms with Crippen molar-refractivity contribution in [1.82, 2.24) is 0 Å². The lowest BCUT2D eigenvalue weighted by atomic mass is 9.70. The molecule has 7 unspecified atom stereocenters. The highest BCUT2D eigenvalue weighted by molar-refractivity contribution is 8.01. The van der Waals surface area contributed by atoms with E-state index in [0.717, 1.165) is 34.6 Å². The summed E-state index contributed by atoms with van der Waals surface area (Å²) in [5.74, 6) is 5.40. The third-order valence-corrected chi connectivity index (χ3v) is 8.15. The standard InChI is InChI=1S/C16H31PS/c1-5-7-13(12(4)15-8-9-18-15)16(11(3)6-2)14-10-17-14/h11-17H,5-10H2,1-4H3. The zero-order chi connectivity index (χ0) is 13.1. The molecule has 0 saturated carbocycles. The fraction of sp³-hybridized carbons (Fsp3) is 1.00. The van der Waals surface area contributed by atoms with Crippen molar-refractivity contribution in [2.45, 2.75) is 64.3 Å². The second-order valence-electron chi connectivity index (χ2n) is 6.49. The van der Waals surface area contributed by atoms with Crippen LogP contribution in [0, 0.1) is 23.7 Å². The van der Waals surface area contributed by atoms with Gasteiger partial charge in [-0.05, 0) is 47.7 Å². The highest BCUT2D eigenvalue weighted by Crippen LogP contribution is 2.53. The van der Waals surface area contributed by atoms with Gasteiger partial charge in [-0.15, -0.1) is 8.58 Å². The Morgan fingerprint density at radius 1 is 1.28 bits per heavy atom. The summed E-state index contributed by atoms with van der Waals surface area (Å²) >= 11 is 2.24. The summed E-state index contributed by atoms with van der Waals surface area (Å²) in [7, 11) is 1.30. The molecule has 0 amide bonds. The van der Waals surface area contributed by atoms with E-state index in [1.807, 2.05) is 0 Å². The van der Waals surface area contributed by atoms with E-state index in [0.29, 0.717) is 0 Å². The Hall–Kier alpha value is 0.780. The number of hydrogen-bond acceptors (Lipinski definition) is 1. The molecule has 0 bridgehead atoms. The predicted octanol–water partition coefficient (Wildman–Crippen LogP) is 5.27. The quantitative estimate of drug-likeness (QED) is 0.548. The molecule has 2 saturated heterocycles. The molecule has 2 fully saturated rings. The molecule has 2 heterocycles. The maximum Gasteiger partial charge on any atom is 0.00832 e. The molecule has 0 nitrogen and oxygen atoms in total. The topological polar surface area (TPSA) is 0 Å². The Labute approximate surface area is 120 Å². The van der Waals surface area contributed by atoms with Crippen molar-refractivity contribution in [1.29, 1.82) is 0 Å². The van der Waals surface area contributed by atoms with E-state index in [4.69, 9.17) is 0 Å². The summed E-state index contributed by atoms with van der Waals surface area (Å²) in [4.78, 5) is 0. The van der Waals surface area contributed by atoms with Crippen LogP contribution < -0.4 is 0 Å².